The van der Waals surface area contributed by atoms with Gasteiger partial charge in [-0.1, -0.05) is 24.3 Å². The minimum Gasteiger partial charge on any atom is -0.306 e. The molecule has 1 aliphatic rings. The van der Waals surface area contributed by atoms with Crippen LogP contribution in [0.1, 0.15) is 28.9 Å². The molecule has 0 unspecified atom stereocenters. The molecule has 1 aliphatic heterocycles. The van der Waals surface area contributed by atoms with Crippen molar-refractivity contribution in [3.63, 3.8) is 0 Å². The van der Waals surface area contributed by atoms with Crippen LogP contribution in [0, 0.1) is 6.92 Å². The first-order valence-corrected chi connectivity index (χ1v) is 8.92. The second-order valence-corrected chi connectivity index (χ2v) is 6.55. The molecule has 3 aromatic rings. The number of carbonyl (C=O) groups is 3. The third-order valence-electron chi connectivity index (χ3n) is 4.49. The maximum Gasteiger partial charge on any atom is 0.256 e. The summed E-state index contributed by atoms with van der Waals surface area (Å²) < 4.78 is 1.66. The molecule has 0 spiro atoms. The van der Waals surface area contributed by atoms with E-state index in [1.807, 2.05) is 37.3 Å². The van der Waals surface area contributed by atoms with E-state index in [0.29, 0.717) is 17.1 Å². The van der Waals surface area contributed by atoms with E-state index >= 15 is 0 Å². The molecule has 3 amide bonds. The second-order valence-electron chi connectivity index (χ2n) is 6.55. The Morgan fingerprint density at radius 3 is 2.32 bits per heavy atom. The number of carbonyl (C=O) groups excluding carboxylic acids is 3. The molecule has 7 nitrogen and oxygen atoms in total. The fraction of sp³-hybridized carbons (Fsp3) is 0.143. The zero-order chi connectivity index (χ0) is 19.7. The van der Waals surface area contributed by atoms with Crippen LogP contribution in [0.5, 0.6) is 0 Å². The van der Waals surface area contributed by atoms with Gasteiger partial charge in [0.05, 0.1) is 17.1 Å². The molecule has 7 heteroatoms. The van der Waals surface area contributed by atoms with Gasteiger partial charge in [-0.15, -0.1) is 0 Å². The number of rotatable bonds is 4. The average molecular weight is 374 g/mol. The third-order valence-corrected chi connectivity index (χ3v) is 4.49. The van der Waals surface area contributed by atoms with Crippen LogP contribution in [0.15, 0.2) is 60.7 Å². The lowest BCUT2D eigenvalue weighted by Gasteiger charge is -2.15. The van der Waals surface area contributed by atoms with Crippen molar-refractivity contribution in [2.45, 2.75) is 19.8 Å². The molecule has 1 saturated heterocycles. The minimum absolute atomic E-state index is 0.199. The Kier molecular flexibility index (Phi) is 4.49. The largest absolute Gasteiger partial charge is 0.306 e. The number of aromatic nitrogens is 2. The summed E-state index contributed by atoms with van der Waals surface area (Å²) in [6.45, 7) is 1.85. The van der Waals surface area contributed by atoms with Crippen molar-refractivity contribution in [1.82, 2.24) is 9.78 Å². The van der Waals surface area contributed by atoms with Gasteiger partial charge in [0.25, 0.3) is 5.91 Å². The highest BCUT2D eigenvalue weighted by molar-refractivity contribution is 6.20. The quantitative estimate of drug-likeness (QED) is 0.711. The van der Waals surface area contributed by atoms with Gasteiger partial charge in [0.2, 0.25) is 11.8 Å². The highest BCUT2D eigenvalue weighted by Crippen LogP contribution is 2.24. The summed E-state index contributed by atoms with van der Waals surface area (Å²) in [5.41, 5.74) is 2.35. The molecule has 4 rings (SSSR count). The van der Waals surface area contributed by atoms with Crippen LogP contribution in [0.25, 0.3) is 5.69 Å². The highest BCUT2D eigenvalue weighted by Gasteiger charge is 2.30. The normalized spacial score (nSPS) is 13.8. The van der Waals surface area contributed by atoms with Crippen LogP contribution in [-0.2, 0) is 9.59 Å². The van der Waals surface area contributed by atoms with E-state index in [9.17, 15) is 14.4 Å². The molecule has 2 heterocycles. The highest BCUT2D eigenvalue weighted by atomic mass is 16.2. The fourth-order valence-corrected chi connectivity index (χ4v) is 3.19. The monoisotopic (exact) mass is 374 g/mol. The Hall–Kier alpha value is -3.74. The molecule has 0 bridgehead atoms. The number of nitrogens with one attached hydrogen (secondary N) is 1. The van der Waals surface area contributed by atoms with Gasteiger partial charge in [-0.05, 0) is 37.3 Å². The van der Waals surface area contributed by atoms with Crippen molar-refractivity contribution < 1.29 is 14.4 Å². The van der Waals surface area contributed by atoms with Crippen molar-refractivity contribution in [1.29, 1.82) is 0 Å². The summed E-state index contributed by atoms with van der Waals surface area (Å²) in [7, 11) is 0. The number of hydrogen-bond donors (Lipinski definition) is 1. The summed E-state index contributed by atoms with van der Waals surface area (Å²) in [5.74, 6) is -0.314. The van der Waals surface area contributed by atoms with Gasteiger partial charge < -0.3 is 5.32 Å². The minimum atomic E-state index is -0.349. The van der Waals surface area contributed by atoms with Crippen LogP contribution in [-0.4, -0.2) is 27.5 Å². The van der Waals surface area contributed by atoms with Gasteiger partial charge in [-0.25, -0.2) is 4.68 Å². The number of anilines is 2. The third kappa shape index (κ3) is 3.29. The Morgan fingerprint density at radius 2 is 1.61 bits per heavy atom. The van der Waals surface area contributed by atoms with Crippen LogP contribution in [0.4, 0.5) is 11.5 Å². The Balaban J connectivity index is 1.61. The van der Waals surface area contributed by atoms with Crippen LogP contribution in [0.2, 0.25) is 0 Å². The first-order valence-electron chi connectivity index (χ1n) is 8.92. The maximum atomic E-state index is 12.8. The van der Waals surface area contributed by atoms with E-state index in [2.05, 4.69) is 10.4 Å². The molecule has 0 saturated carbocycles. The van der Waals surface area contributed by atoms with Gasteiger partial charge in [0.1, 0.15) is 5.82 Å². The number of benzene rings is 2. The lowest BCUT2D eigenvalue weighted by Crippen LogP contribution is -2.28. The molecule has 1 aromatic heterocycles. The average Bonchev–Trinajstić information content (AvgIpc) is 3.24. The van der Waals surface area contributed by atoms with Crippen molar-refractivity contribution in [3.05, 3.63) is 71.9 Å². The molecule has 2 aromatic carbocycles. The smallest absolute Gasteiger partial charge is 0.256 e. The Bertz CT molecular complexity index is 1060. The summed E-state index contributed by atoms with van der Waals surface area (Å²) in [4.78, 5) is 37.8. The van der Waals surface area contributed by atoms with Crippen LogP contribution in [0.3, 0.4) is 0 Å². The number of para-hydroxylation sites is 1. The number of nitrogens with zero attached hydrogens (tertiary/aromatic N) is 3. The van der Waals surface area contributed by atoms with E-state index in [1.165, 1.54) is 0 Å². The summed E-state index contributed by atoms with van der Waals surface area (Å²) in [5, 5.41) is 7.29. The lowest BCUT2D eigenvalue weighted by atomic mass is 10.1. The topological polar surface area (TPSA) is 84.3 Å². The van der Waals surface area contributed by atoms with Crippen LogP contribution < -0.4 is 10.2 Å². The summed E-state index contributed by atoms with van der Waals surface area (Å²) in [6.07, 6.45) is 0.398. The van der Waals surface area contributed by atoms with Gasteiger partial charge in [-0.3, -0.25) is 19.3 Å². The van der Waals surface area contributed by atoms with Crippen molar-refractivity contribution in [3.8, 4) is 5.69 Å². The number of amides is 3. The Labute approximate surface area is 161 Å². The molecule has 0 atom stereocenters. The summed E-state index contributed by atoms with van der Waals surface area (Å²) in [6, 6.07) is 17.8. The van der Waals surface area contributed by atoms with E-state index < -0.39 is 0 Å². The lowest BCUT2D eigenvalue weighted by molar-refractivity contribution is -0.121. The Morgan fingerprint density at radius 1 is 0.929 bits per heavy atom. The number of aryl methyl sites for hydroxylation is 1. The van der Waals surface area contributed by atoms with Gasteiger partial charge in [0, 0.05) is 24.5 Å². The second kappa shape index (κ2) is 7.11. The molecule has 1 fully saturated rings. The number of hydrogen-bond acceptors (Lipinski definition) is 4. The first-order chi connectivity index (χ1) is 13.5. The van der Waals surface area contributed by atoms with Crippen molar-refractivity contribution in [2.24, 2.45) is 0 Å². The molecular formula is C21H18N4O3. The van der Waals surface area contributed by atoms with Crippen molar-refractivity contribution >= 4 is 29.2 Å². The standard InChI is InChI=1S/C21H18N4O3/c1-14-12-18(25(23-14)16-7-3-2-4-8-16)22-21(28)15-6-5-9-17(13-15)24-19(26)10-11-20(24)27/h2-9,12-13H,10-11H2,1H3,(H,22,28). The zero-order valence-electron chi connectivity index (χ0n) is 15.3. The molecular weight excluding hydrogens is 356 g/mol. The maximum absolute atomic E-state index is 12.8. The van der Waals surface area contributed by atoms with Gasteiger partial charge in [-0.2, -0.15) is 5.10 Å². The van der Waals surface area contributed by atoms with E-state index in [-0.39, 0.29) is 30.6 Å². The summed E-state index contributed by atoms with van der Waals surface area (Å²) >= 11 is 0. The molecule has 0 radical (unpaired) electrons. The predicted molar refractivity (Wildman–Crippen MR) is 104 cm³/mol. The SMILES string of the molecule is Cc1cc(NC(=O)c2cccc(N3C(=O)CCC3=O)c2)n(-c2ccccc2)n1. The van der Waals surface area contributed by atoms with E-state index in [0.717, 1.165) is 16.3 Å². The molecule has 1 N–H and O–H groups in total. The molecule has 0 aliphatic carbocycles. The van der Waals surface area contributed by atoms with E-state index in [4.69, 9.17) is 0 Å². The molecule has 28 heavy (non-hydrogen) atoms. The van der Waals surface area contributed by atoms with Gasteiger partial charge in [0.15, 0.2) is 0 Å². The van der Waals surface area contributed by atoms with Crippen molar-refractivity contribution in [2.75, 3.05) is 10.2 Å². The number of imide groups is 1. The fourth-order valence-electron chi connectivity index (χ4n) is 3.19. The molecule has 140 valence electrons. The predicted octanol–water partition coefficient (Wildman–Crippen LogP) is 3.09. The zero-order valence-corrected chi connectivity index (χ0v) is 15.3. The first kappa shape index (κ1) is 17.7. The van der Waals surface area contributed by atoms with Gasteiger partial charge >= 0.3 is 0 Å². The van der Waals surface area contributed by atoms with E-state index in [1.54, 1.807) is 35.0 Å². The van der Waals surface area contributed by atoms with Crippen LogP contribution >= 0.6 is 0 Å².